The summed E-state index contributed by atoms with van der Waals surface area (Å²) < 4.78 is 36.6. The second-order valence-electron chi connectivity index (χ2n) is 9.41. The second-order valence-corrected chi connectivity index (χ2v) is 11.4. The summed E-state index contributed by atoms with van der Waals surface area (Å²) in [7, 11) is -3.15. The highest BCUT2D eigenvalue weighted by Crippen LogP contribution is 2.28. The Morgan fingerprint density at radius 2 is 1.79 bits per heavy atom. The Morgan fingerprint density at radius 1 is 1.05 bits per heavy atom. The van der Waals surface area contributed by atoms with Gasteiger partial charge in [-0.15, -0.1) is 0 Å². The Labute approximate surface area is 223 Å². The van der Waals surface area contributed by atoms with Crippen LogP contribution in [0.3, 0.4) is 0 Å². The van der Waals surface area contributed by atoms with E-state index in [4.69, 9.17) is 14.9 Å². The van der Waals surface area contributed by atoms with Gasteiger partial charge in [0.25, 0.3) is 0 Å². The Hall–Kier alpha value is -3.54. The van der Waals surface area contributed by atoms with Gasteiger partial charge in [-0.05, 0) is 48.5 Å². The molecule has 0 atom stereocenters. The van der Waals surface area contributed by atoms with Crippen LogP contribution in [0.1, 0.15) is 18.4 Å². The number of hydrogen-bond acceptors (Lipinski definition) is 9. The maximum atomic E-state index is 11.8. The SMILES string of the molecule is CS(=O)(=O)N1CCN(c2ccc(Nc3ccnc(-c4ccc(OC5CCOCC5)c(C=N)c4)n3)cc2)CC1. The van der Waals surface area contributed by atoms with E-state index in [1.807, 2.05) is 48.5 Å². The molecule has 5 rings (SSSR count). The van der Waals surface area contributed by atoms with E-state index < -0.39 is 10.0 Å². The normalized spacial score (nSPS) is 17.2. The lowest BCUT2D eigenvalue weighted by Crippen LogP contribution is -2.48. The first kappa shape index (κ1) is 26.1. The maximum Gasteiger partial charge on any atom is 0.211 e. The van der Waals surface area contributed by atoms with Crippen LogP contribution in [0.5, 0.6) is 5.75 Å². The largest absolute Gasteiger partial charge is 0.490 e. The molecule has 2 aliphatic rings. The molecule has 2 fully saturated rings. The van der Waals surface area contributed by atoms with Crippen molar-refractivity contribution in [1.29, 1.82) is 5.41 Å². The fraction of sp³-hybridized carbons (Fsp3) is 0.370. The molecule has 10 nitrogen and oxygen atoms in total. The number of sulfonamides is 1. The van der Waals surface area contributed by atoms with Crippen molar-refractivity contribution in [2.45, 2.75) is 18.9 Å². The van der Waals surface area contributed by atoms with Crippen LogP contribution in [0, 0.1) is 5.41 Å². The molecule has 0 radical (unpaired) electrons. The molecule has 0 bridgehead atoms. The van der Waals surface area contributed by atoms with Crippen molar-refractivity contribution in [2.75, 3.05) is 55.9 Å². The predicted octanol–water partition coefficient (Wildman–Crippen LogP) is 3.52. The summed E-state index contributed by atoms with van der Waals surface area (Å²) in [6.45, 7) is 3.69. The highest BCUT2D eigenvalue weighted by Gasteiger charge is 2.23. The molecule has 0 unspecified atom stereocenters. The van der Waals surface area contributed by atoms with Crippen molar-refractivity contribution in [3.8, 4) is 17.1 Å². The Kier molecular flexibility index (Phi) is 7.87. The van der Waals surface area contributed by atoms with E-state index in [-0.39, 0.29) is 6.10 Å². The molecule has 3 aromatic rings. The third kappa shape index (κ3) is 6.29. The van der Waals surface area contributed by atoms with E-state index >= 15 is 0 Å². The fourth-order valence-corrected chi connectivity index (χ4v) is 5.46. The van der Waals surface area contributed by atoms with Gasteiger partial charge in [0.05, 0.1) is 19.5 Å². The number of aromatic nitrogens is 2. The summed E-state index contributed by atoms with van der Waals surface area (Å²) in [5, 5.41) is 11.2. The molecule has 0 saturated carbocycles. The van der Waals surface area contributed by atoms with Crippen LogP contribution in [-0.4, -0.2) is 80.7 Å². The van der Waals surface area contributed by atoms with Crippen LogP contribution in [0.2, 0.25) is 0 Å². The number of ether oxygens (including phenoxy) is 2. The molecule has 0 spiro atoms. The van der Waals surface area contributed by atoms with E-state index in [1.165, 1.54) is 16.8 Å². The first-order chi connectivity index (χ1) is 18.4. The number of benzene rings is 2. The molecule has 11 heteroatoms. The zero-order valence-electron chi connectivity index (χ0n) is 21.3. The topological polar surface area (TPSA) is 121 Å². The van der Waals surface area contributed by atoms with Crippen molar-refractivity contribution in [1.82, 2.24) is 14.3 Å². The van der Waals surface area contributed by atoms with Crippen LogP contribution >= 0.6 is 0 Å². The van der Waals surface area contributed by atoms with Crippen LogP contribution in [-0.2, 0) is 14.8 Å². The summed E-state index contributed by atoms with van der Waals surface area (Å²) >= 11 is 0. The van der Waals surface area contributed by atoms with Gasteiger partial charge in [0.2, 0.25) is 10.0 Å². The molecule has 38 heavy (non-hydrogen) atoms. The van der Waals surface area contributed by atoms with Crippen molar-refractivity contribution >= 4 is 33.4 Å². The second kappa shape index (κ2) is 11.5. The third-order valence-corrected chi connectivity index (χ3v) is 8.06. The van der Waals surface area contributed by atoms with Gasteiger partial charge in [0.1, 0.15) is 17.7 Å². The smallest absolute Gasteiger partial charge is 0.211 e. The molecule has 2 aromatic carbocycles. The van der Waals surface area contributed by atoms with Gasteiger partial charge in [-0.3, -0.25) is 0 Å². The van der Waals surface area contributed by atoms with Crippen LogP contribution in [0.4, 0.5) is 17.2 Å². The van der Waals surface area contributed by atoms with Crippen LogP contribution in [0.15, 0.2) is 54.7 Å². The van der Waals surface area contributed by atoms with Crippen molar-refractivity contribution in [2.24, 2.45) is 0 Å². The zero-order valence-corrected chi connectivity index (χ0v) is 22.2. The first-order valence-corrected chi connectivity index (χ1v) is 14.5. The van der Waals surface area contributed by atoms with Gasteiger partial charge in [0.15, 0.2) is 5.82 Å². The van der Waals surface area contributed by atoms with Gasteiger partial charge in [-0.25, -0.2) is 18.4 Å². The number of hydrogen-bond donors (Lipinski definition) is 2. The fourth-order valence-electron chi connectivity index (χ4n) is 4.63. The number of anilines is 3. The number of piperazine rings is 1. The summed E-state index contributed by atoms with van der Waals surface area (Å²) in [5.41, 5.74) is 3.42. The van der Waals surface area contributed by atoms with E-state index in [1.54, 1.807) is 6.20 Å². The van der Waals surface area contributed by atoms with E-state index in [0.29, 0.717) is 62.3 Å². The number of nitrogens with zero attached hydrogens (tertiary/aromatic N) is 4. The molecule has 2 saturated heterocycles. The third-order valence-electron chi connectivity index (χ3n) is 6.75. The van der Waals surface area contributed by atoms with Crippen LogP contribution in [0.25, 0.3) is 11.4 Å². The van der Waals surface area contributed by atoms with Crippen LogP contribution < -0.4 is 15.0 Å². The average Bonchev–Trinajstić information content (AvgIpc) is 2.94. The zero-order chi connectivity index (χ0) is 26.5. The average molecular weight is 537 g/mol. The lowest BCUT2D eigenvalue weighted by molar-refractivity contribution is 0.0255. The standard InChI is InChI=1S/C27H32N6O4S/c1-38(34,35)33-14-12-32(13-15-33)23-5-3-22(4-6-23)30-26-8-11-29-27(31-26)20-2-7-25(21(18-20)19-28)37-24-9-16-36-17-10-24/h2-8,11,18-19,24,28H,9-10,12-17H2,1H3,(H,29,30,31). The minimum Gasteiger partial charge on any atom is -0.490 e. The molecule has 1 aromatic heterocycles. The quantitative estimate of drug-likeness (QED) is 0.420. The van der Waals surface area contributed by atoms with Gasteiger partial charge in [-0.1, -0.05) is 0 Å². The Bertz CT molecular complexity index is 1370. The first-order valence-electron chi connectivity index (χ1n) is 12.7. The summed E-state index contributed by atoms with van der Waals surface area (Å²) in [4.78, 5) is 11.3. The number of nitrogens with one attached hydrogen (secondary N) is 2. The molecule has 0 aliphatic carbocycles. The lowest BCUT2D eigenvalue weighted by atomic mass is 10.1. The summed E-state index contributed by atoms with van der Waals surface area (Å²) in [5.74, 6) is 1.89. The van der Waals surface area contributed by atoms with E-state index in [2.05, 4.69) is 20.2 Å². The minimum absolute atomic E-state index is 0.0977. The van der Waals surface area contributed by atoms with E-state index in [9.17, 15) is 8.42 Å². The molecule has 2 N–H and O–H groups in total. The Balaban J connectivity index is 1.24. The molecule has 2 aliphatic heterocycles. The summed E-state index contributed by atoms with van der Waals surface area (Å²) in [6, 6.07) is 15.5. The van der Waals surface area contributed by atoms with Crippen molar-refractivity contribution in [3.05, 3.63) is 60.3 Å². The molecule has 0 amide bonds. The van der Waals surface area contributed by atoms with Gasteiger partial charge in [0, 0.05) is 73.9 Å². The van der Waals surface area contributed by atoms with Crippen molar-refractivity contribution in [3.63, 3.8) is 0 Å². The monoisotopic (exact) mass is 536 g/mol. The Morgan fingerprint density at radius 3 is 2.47 bits per heavy atom. The van der Waals surface area contributed by atoms with Gasteiger partial charge < -0.3 is 25.1 Å². The van der Waals surface area contributed by atoms with Crippen molar-refractivity contribution < 1.29 is 17.9 Å². The molecular formula is C27H32N6O4S. The minimum atomic E-state index is -3.15. The lowest BCUT2D eigenvalue weighted by Gasteiger charge is -2.34. The predicted molar refractivity (Wildman–Crippen MR) is 148 cm³/mol. The summed E-state index contributed by atoms with van der Waals surface area (Å²) in [6.07, 6.45) is 6.04. The highest BCUT2D eigenvalue weighted by molar-refractivity contribution is 7.88. The van der Waals surface area contributed by atoms with Gasteiger partial charge in [-0.2, -0.15) is 4.31 Å². The molecule has 200 valence electrons. The van der Waals surface area contributed by atoms with E-state index in [0.717, 1.165) is 29.8 Å². The molecular weight excluding hydrogens is 504 g/mol. The molecule has 3 heterocycles. The number of rotatable bonds is 8. The van der Waals surface area contributed by atoms with Gasteiger partial charge >= 0.3 is 0 Å². The highest BCUT2D eigenvalue weighted by atomic mass is 32.2. The maximum absolute atomic E-state index is 11.8.